The van der Waals surface area contributed by atoms with Crippen LogP contribution in [0.2, 0.25) is 0 Å². The molecule has 7 heteroatoms. The average Bonchev–Trinajstić information content (AvgIpc) is 2.37. The molecule has 3 N–H and O–H groups in total. The summed E-state index contributed by atoms with van der Waals surface area (Å²) in [6.07, 6.45) is 1.86. The molecule has 0 bridgehead atoms. The van der Waals surface area contributed by atoms with Gasteiger partial charge >= 0.3 is 5.97 Å². The molecule has 2 rings (SSSR count). The highest BCUT2D eigenvalue weighted by atomic mass is 16.6. The topological polar surface area (TPSA) is 110 Å². The van der Waals surface area contributed by atoms with Crippen LogP contribution in [-0.2, 0) is 0 Å². The van der Waals surface area contributed by atoms with E-state index in [4.69, 9.17) is 10.8 Å². The van der Waals surface area contributed by atoms with Gasteiger partial charge in [-0.05, 0) is 25.0 Å². The van der Waals surface area contributed by atoms with Gasteiger partial charge in [0.15, 0.2) is 0 Å². The van der Waals surface area contributed by atoms with Gasteiger partial charge in [0.25, 0.3) is 5.69 Å². The highest BCUT2D eigenvalue weighted by Crippen LogP contribution is 2.27. The van der Waals surface area contributed by atoms with Gasteiger partial charge in [-0.15, -0.1) is 0 Å². The Bertz CT molecular complexity index is 518. The number of nitrogens with zero attached hydrogens (tertiary/aromatic N) is 2. The van der Waals surface area contributed by atoms with Crippen molar-refractivity contribution in [1.82, 2.24) is 0 Å². The van der Waals surface area contributed by atoms with E-state index in [2.05, 4.69) is 0 Å². The summed E-state index contributed by atoms with van der Waals surface area (Å²) in [5.74, 6) is -1.30. The second kappa shape index (κ2) is 5.23. The highest BCUT2D eigenvalue weighted by molar-refractivity contribution is 5.93. The zero-order valence-corrected chi connectivity index (χ0v) is 10.3. The molecular formula is C12H15N3O4. The van der Waals surface area contributed by atoms with E-state index in [1.165, 1.54) is 12.1 Å². The van der Waals surface area contributed by atoms with E-state index < -0.39 is 10.9 Å². The Morgan fingerprint density at radius 3 is 2.84 bits per heavy atom. The fourth-order valence-corrected chi connectivity index (χ4v) is 2.29. The Kier molecular flexibility index (Phi) is 3.66. The number of nitro benzene ring substituents is 1. The molecule has 1 aromatic rings. The number of piperidine rings is 1. The normalized spacial score (nSPS) is 19.2. The molecule has 0 spiro atoms. The van der Waals surface area contributed by atoms with Crippen molar-refractivity contribution in [3.63, 3.8) is 0 Å². The predicted octanol–water partition coefficient (Wildman–Crippen LogP) is 1.22. The van der Waals surface area contributed by atoms with Crippen LogP contribution >= 0.6 is 0 Å². The largest absolute Gasteiger partial charge is 0.477 e. The minimum Gasteiger partial charge on any atom is -0.477 e. The molecule has 1 aliphatic rings. The standard InChI is InChI=1S/C12H15N3O4/c13-8-2-1-5-14(7-8)9-3-4-10(12(16)17)11(6-9)15(18)19/h3-4,6,8H,1-2,5,7,13H2,(H,16,17). The highest BCUT2D eigenvalue weighted by Gasteiger charge is 2.23. The van der Waals surface area contributed by atoms with Crippen LogP contribution in [0.15, 0.2) is 18.2 Å². The second-order valence-electron chi connectivity index (χ2n) is 4.61. The van der Waals surface area contributed by atoms with E-state index in [-0.39, 0.29) is 17.3 Å². The minimum atomic E-state index is -1.30. The third kappa shape index (κ3) is 2.82. The molecule has 7 nitrogen and oxygen atoms in total. The maximum absolute atomic E-state index is 10.9. The first-order valence-corrected chi connectivity index (χ1v) is 6.01. The molecule has 1 saturated heterocycles. The fourth-order valence-electron chi connectivity index (χ4n) is 2.29. The van der Waals surface area contributed by atoms with E-state index in [1.807, 2.05) is 4.90 Å². The molecular weight excluding hydrogens is 250 g/mol. The molecule has 0 amide bonds. The summed E-state index contributed by atoms with van der Waals surface area (Å²) < 4.78 is 0. The first-order chi connectivity index (χ1) is 8.99. The van der Waals surface area contributed by atoms with Gasteiger partial charge < -0.3 is 15.7 Å². The summed E-state index contributed by atoms with van der Waals surface area (Å²) in [6, 6.07) is 4.22. The number of carboxylic acids is 1. The van der Waals surface area contributed by atoms with Crippen molar-refractivity contribution < 1.29 is 14.8 Å². The lowest BCUT2D eigenvalue weighted by atomic mass is 10.0. The summed E-state index contributed by atoms with van der Waals surface area (Å²) in [6.45, 7) is 1.40. The fraction of sp³-hybridized carbons (Fsp3) is 0.417. The first kappa shape index (κ1) is 13.3. The van der Waals surface area contributed by atoms with Crippen LogP contribution in [0.25, 0.3) is 0 Å². The number of carbonyl (C=O) groups is 1. The third-order valence-corrected chi connectivity index (χ3v) is 3.23. The Hall–Kier alpha value is -2.15. The lowest BCUT2D eigenvalue weighted by Crippen LogP contribution is -2.42. The number of hydrogen-bond acceptors (Lipinski definition) is 5. The number of benzene rings is 1. The molecule has 0 radical (unpaired) electrons. The van der Waals surface area contributed by atoms with Gasteiger partial charge in [0.1, 0.15) is 5.56 Å². The smallest absolute Gasteiger partial charge is 0.342 e. The van der Waals surface area contributed by atoms with Crippen molar-refractivity contribution >= 4 is 17.3 Å². The zero-order chi connectivity index (χ0) is 14.0. The quantitative estimate of drug-likeness (QED) is 0.628. The number of carboxylic acid groups (broad SMARTS) is 1. The van der Waals surface area contributed by atoms with Crippen LogP contribution in [-0.4, -0.2) is 35.1 Å². The van der Waals surface area contributed by atoms with Gasteiger partial charge in [0, 0.05) is 30.9 Å². The molecule has 102 valence electrons. The summed E-state index contributed by atoms with van der Waals surface area (Å²) in [5, 5.41) is 19.8. The Balaban J connectivity index is 2.35. The summed E-state index contributed by atoms with van der Waals surface area (Å²) in [7, 11) is 0. The Labute approximate surface area is 109 Å². The zero-order valence-electron chi connectivity index (χ0n) is 10.3. The van der Waals surface area contributed by atoms with E-state index in [9.17, 15) is 14.9 Å². The lowest BCUT2D eigenvalue weighted by Gasteiger charge is -2.32. The molecule has 1 aromatic carbocycles. The van der Waals surface area contributed by atoms with E-state index in [0.717, 1.165) is 19.4 Å². The van der Waals surface area contributed by atoms with E-state index in [1.54, 1.807) is 6.07 Å². The molecule has 0 saturated carbocycles. The van der Waals surface area contributed by atoms with Crippen molar-refractivity contribution in [2.45, 2.75) is 18.9 Å². The van der Waals surface area contributed by atoms with Gasteiger partial charge in [-0.1, -0.05) is 0 Å². The van der Waals surface area contributed by atoms with Crippen molar-refractivity contribution in [2.24, 2.45) is 5.73 Å². The Morgan fingerprint density at radius 1 is 1.53 bits per heavy atom. The van der Waals surface area contributed by atoms with Crippen LogP contribution in [0.3, 0.4) is 0 Å². The molecule has 1 fully saturated rings. The molecule has 1 unspecified atom stereocenters. The van der Waals surface area contributed by atoms with Crippen LogP contribution in [0.4, 0.5) is 11.4 Å². The number of anilines is 1. The number of hydrogen-bond donors (Lipinski definition) is 2. The van der Waals surface area contributed by atoms with Crippen molar-refractivity contribution in [1.29, 1.82) is 0 Å². The monoisotopic (exact) mass is 265 g/mol. The number of nitrogens with two attached hydrogens (primary N) is 1. The molecule has 0 aliphatic carbocycles. The van der Waals surface area contributed by atoms with Crippen LogP contribution in [0.5, 0.6) is 0 Å². The maximum Gasteiger partial charge on any atom is 0.342 e. The SMILES string of the molecule is NC1CCCN(c2ccc(C(=O)O)c([N+](=O)[O-])c2)C1. The van der Waals surface area contributed by atoms with Gasteiger partial charge in [0.05, 0.1) is 4.92 Å². The van der Waals surface area contributed by atoms with Crippen LogP contribution in [0.1, 0.15) is 23.2 Å². The van der Waals surface area contributed by atoms with E-state index in [0.29, 0.717) is 12.2 Å². The summed E-state index contributed by atoms with van der Waals surface area (Å²) in [5.41, 5.74) is 5.83. The van der Waals surface area contributed by atoms with Gasteiger partial charge in [-0.2, -0.15) is 0 Å². The third-order valence-electron chi connectivity index (χ3n) is 3.23. The molecule has 0 aromatic heterocycles. The van der Waals surface area contributed by atoms with Gasteiger partial charge in [-0.3, -0.25) is 10.1 Å². The van der Waals surface area contributed by atoms with Crippen LogP contribution in [0, 0.1) is 10.1 Å². The lowest BCUT2D eigenvalue weighted by molar-refractivity contribution is -0.385. The van der Waals surface area contributed by atoms with Crippen molar-refractivity contribution in [3.8, 4) is 0 Å². The average molecular weight is 265 g/mol. The molecule has 1 atom stereocenters. The van der Waals surface area contributed by atoms with Gasteiger partial charge in [0.2, 0.25) is 0 Å². The first-order valence-electron chi connectivity index (χ1n) is 6.01. The molecule has 1 aliphatic heterocycles. The maximum atomic E-state index is 10.9. The van der Waals surface area contributed by atoms with E-state index >= 15 is 0 Å². The van der Waals surface area contributed by atoms with Crippen LogP contribution < -0.4 is 10.6 Å². The number of rotatable bonds is 3. The molecule has 19 heavy (non-hydrogen) atoms. The van der Waals surface area contributed by atoms with Crippen molar-refractivity contribution in [2.75, 3.05) is 18.0 Å². The van der Waals surface area contributed by atoms with Crippen molar-refractivity contribution in [3.05, 3.63) is 33.9 Å². The Morgan fingerprint density at radius 2 is 2.26 bits per heavy atom. The predicted molar refractivity (Wildman–Crippen MR) is 69.5 cm³/mol. The summed E-state index contributed by atoms with van der Waals surface area (Å²) in [4.78, 5) is 23.1. The number of nitro groups is 1. The molecule has 1 heterocycles. The minimum absolute atomic E-state index is 0.0481. The van der Waals surface area contributed by atoms with Gasteiger partial charge in [-0.25, -0.2) is 4.79 Å². The number of aromatic carboxylic acids is 1. The second-order valence-corrected chi connectivity index (χ2v) is 4.61. The summed E-state index contributed by atoms with van der Waals surface area (Å²) >= 11 is 0.